The Morgan fingerprint density at radius 2 is 1.10 bits per heavy atom. The van der Waals surface area contributed by atoms with E-state index in [2.05, 4.69) is 30.5 Å². The summed E-state index contributed by atoms with van der Waals surface area (Å²) in [5.41, 5.74) is 5.31. The van der Waals surface area contributed by atoms with Gasteiger partial charge in [-0.25, -0.2) is 4.57 Å². The monoisotopic (exact) mass is 741 g/mol. The molecule has 12 heteroatoms. The molecule has 0 spiro atoms. The summed E-state index contributed by atoms with van der Waals surface area (Å²) in [5.74, 6) is -2.41. The van der Waals surface area contributed by atoms with Gasteiger partial charge in [-0.3, -0.25) is 23.4 Å². The molecule has 0 radical (unpaired) electrons. The van der Waals surface area contributed by atoms with E-state index in [9.17, 15) is 23.8 Å². The molecule has 4 N–H and O–H groups in total. The first-order valence-corrected chi connectivity index (χ1v) is 20.7. The molecule has 0 aromatic heterocycles. The molecule has 0 aliphatic carbocycles. The highest BCUT2D eigenvalue weighted by atomic mass is 31.2. The molecule has 0 rings (SSSR count). The number of phosphoric ester groups is 1. The standard InChI is InChI=1S/C39H68NO10P/c1-3-5-7-9-11-13-15-17-18-19-21-22-24-26-28-30-37(41)47-32-35(33-48-51(45,46)49-34-36(40)39(43)44)50-38(42)31-29-27-25-23-20-16-14-12-10-8-6-4-2/h5,7,9,11,13,15,17-18,35-36H,3-4,6,8,10,12,14,16,19-34,40H2,1-2H3,(H,43,44)(H,45,46)/b7-5+,11-9+,15-13+,18-17+/t35-,36+/m1/s1. The summed E-state index contributed by atoms with van der Waals surface area (Å²) >= 11 is 0. The number of carboxylic acids is 1. The number of unbranched alkanes of at least 4 members (excludes halogenated alkanes) is 16. The average molecular weight is 742 g/mol. The topological polar surface area (TPSA) is 172 Å². The SMILES string of the molecule is CC/C=C/C=C/C=C/C=C/CCCCCCCC(=O)OC[C@H](COP(=O)(O)OC[C@H](N)C(=O)O)OC(=O)CCCCCCCCCCCCCC. The number of esters is 2. The molecule has 0 aromatic carbocycles. The maximum absolute atomic E-state index is 12.5. The third kappa shape index (κ3) is 34.3. The minimum Gasteiger partial charge on any atom is -0.480 e. The molecule has 0 amide bonds. The van der Waals surface area contributed by atoms with Crippen LogP contribution < -0.4 is 5.73 Å². The van der Waals surface area contributed by atoms with Crippen LogP contribution >= 0.6 is 7.82 Å². The summed E-state index contributed by atoms with van der Waals surface area (Å²) in [6.45, 7) is 2.61. The maximum atomic E-state index is 12.5. The number of carboxylic acid groups (broad SMARTS) is 1. The molecule has 11 nitrogen and oxygen atoms in total. The van der Waals surface area contributed by atoms with Crippen molar-refractivity contribution in [2.75, 3.05) is 19.8 Å². The molecule has 0 aliphatic rings. The quantitative estimate of drug-likeness (QED) is 0.0244. The van der Waals surface area contributed by atoms with Crippen LogP contribution in [0.2, 0.25) is 0 Å². The van der Waals surface area contributed by atoms with Crippen molar-refractivity contribution >= 4 is 25.7 Å². The zero-order valence-corrected chi connectivity index (χ0v) is 32.3. The first-order valence-electron chi connectivity index (χ1n) is 19.2. The maximum Gasteiger partial charge on any atom is 0.472 e. The van der Waals surface area contributed by atoms with Crippen LogP contribution in [0.1, 0.15) is 149 Å². The largest absolute Gasteiger partial charge is 0.480 e. The van der Waals surface area contributed by atoms with Crippen LogP contribution in [-0.2, 0) is 37.5 Å². The summed E-state index contributed by atoms with van der Waals surface area (Å²) in [6.07, 6.45) is 36.1. The minimum atomic E-state index is -4.71. The smallest absolute Gasteiger partial charge is 0.472 e. The Morgan fingerprint density at radius 1 is 0.627 bits per heavy atom. The van der Waals surface area contributed by atoms with E-state index in [1.54, 1.807) is 0 Å². The summed E-state index contributed by atoms with van der Waals surface area (Å²) < 4.78 is 32.5. The number of rotatable bonds is 35. The molecule has 0 heterocycles. The Hall–Kier alpha value is -2.56. The number of phosphoric acid groups is 1. The zero-order valence-electron chi connectivity index (χ0n) is 31.4. The Bertz CT molecular complexity index is 1060. The van der Waals surface area contributed by atoms with Crippen LogP contribution in [0.3, 0.4) is 0 Å². The first-order chi connectivity index (χ1) is 24.6. The van der Waals surface area contributed by atoms with Gasteiger partial charge in [-0.2, -0.15) is 0 Å². The van der Waals surface area contributed by atoms with Crippen molar-refractivity contribution in [1.29, 1.82) is 0 Å². The fourth-order valence-corrected chi connectivity index (χ4v) is 5.68. The van der Waals surface area contributed by atoms with Crippen LogP contribution in [0.15, 0.2) is 48.6 Å². The minimum absolute atomic E-state index is 0.156. The number of ether oxygens (including phenoxy) is 2. The van der Waals surface area contributed by atoms with Crippen molar-refractivity contribution in [3.05, 3.63) is 48.6 Å². The normalized spacial score (nSPS) is 14.4. The van der Waals surface area contributed by atoms with E-state index >= 15 is 0 Å². The summed E-state index contributed by atoms with van der Waals surface area (Å²) in [7, 11) is -4.71. The number of aliphatic carboxylic acids is 1. The van der Waals surface area contributed by atoms with Crippen molar-refractivity contribution in [3.63, 3.8) is 0 Å². The fourth-order valence-electron chi connectivity index (χ4n) is 4.90. The second kappa shape index (κ2) is 34.5. The summed E-state index contributed by atoms with van der Waals surface area (Å²) in [4.78, 5) is 45.7. The highest BCUT2D eigenvalue weighted by Crippen LogP contribution is 2.43. The Morgan fingerprint density at radius 3 is 1.65 bits per heavy atom. The lowest BCUT2D eigenvalue weighted by atomic mass is 10.0. The van der Waals surface area contributed by atoms with Gasteiger partial charge in [0.05, 0.1) is 13.2 Å². The number of carbonyl (C=O) groups is 3. The van der Waals surface area contributed by atoms with Crippen molar-refractivity contribution < 1.29 is 47.5 Å². The molecular weight excluding hydrogens is 673 g/mol. The molecule has 0 aromatic rings. The third-order valence-electron chi connectivity index (χ3n) is 7.94. The molecule has 0 saturated heterocycles. The van der Waals surface area contributed by atoms with E-state index in [1.807, 2.05) is 36.5 Å². The molecule has 294 valence electrons. The molecular formula is C39H68NO10P. The van der Waals surface area contributed by atoms with Gasteiger partial charge < -0.3 is 25.2 Å². The van der Waals surface area contributed by atoms with E-state index in [-0.39, 0.29) is 19.4 Å². The lowest BCUT2D eigenvalue weighted by molar-refractivity contribution is -0.161. The highest BCUT2D eigenvalue weighted by molar-refractivity contribution is 7.47. The summed E-state index contributed by atoms with van der Waals surface area (Å²) in [6, 6.07) is -1.52. The molecule has 0 bridgehead atoms. The van der Waals surface area contributed by atoms with E-state index in [4.69, 9.17) is 24.8 Å². The highest BCUT2D eigenvalue weighted by Gasteiger charge is 2.28. The van der Waals surface area contributed by atoms with Gasteiger partial charge in [0.1, 0.15) is 12.6 Å². The number of allylic oxidation sites excluding steroid dienone is 8. The second-order valence-electron chi connectivity index (χ2n) is 12.8. The summed E-state index contributed by atoms with van der Waals surface area (Å²) in [5, 5.41) is 8.86. The Labute approximate surface area is 307 Å². The van der Waals surface area contributed by atoms with E-state index in [1.165, 1.54) is 51.4 Å². The van der Waals surface area contributed by atoms with E-state index < -0.39 is 51.1 Å². The van der Waals surface area contributed by atoms with Crippen LogP contribution in [0.5, 0.6) is 0 Å². The number of carbonyl (C=O) groups excluding carboxylic acids is 2. The molecule has 51 heavy (non-hydrogen) atoms. The molecule has 1 unspecified atom stereocenters. The lowest BCUT2D eigenvalue weighted by Gasteiger charge is -2.20. The molecule has 0 saturated carbocycles. The average Bonchev–Trinajstić information content (AvgIpc) is 3.10. The van der Waals surface area contributed by atoms with Gasteiger partial charge in [0.25, 0.3) is 0 Å². The van der Waals surface area contributed by atoms with Crippen LogP contribution in [0.25, 0.3) is 0 Å². The van der Waals surface area contributed by atoms with Gasteiger partial charge in [0, 0.05) is 12.8 Å². The van der Waals surface area contributed by atoms with Crippen LogP contribution in [0, 0.1) is 0 Å². The van der Waals surface area contributed by atoms with E-state index in [0.717, 1.165) is 57.8 Å². The predicted octanol–water partition coefficient (Wildman–Crippen LogP) is 9.44. The molecule has 0 fully saturated rings. The predicted molar refractivity (Wildman–Crippen MR) is 203 cm³/mol. The molecule has 0 aliphatic heterocycles. The third-order valence-corrected chi connectivity index (χ3v) is 8.89. The Balaban J connectivity index is 4.48. The van der Waals surface area contributed by atoms with Gasteiger partial charge in [-0.15, -0.1) is 0 Å². The lowest BCUT2D eigenvalue weighted by Crippen LogP contribution is -2.34. The second-order valence-corrected chi connectivity index (χ2v) is 14.2. The van der Waals surface area contributed by atoms with Crippen molar-refractivity contribution in [2.24, 2.45) is 5.73 Å². The van der Waals surface area contributed by atoms with Gasteiger partial charge in [-0.1, -0.05) is 152 Å². The number of hydrogen-bond donors (Lipinski definition) is 3. The van der Waals surface area contributed by atoms with E-state index in [0.29, 0.717) is 12.8 Å². The van der Waals surface area contributed by atoms with Crippen molar-refractivity contribution in [3.8, 4) is 0 Å². The van der Waals surface area contributed by atoms with Gasteiger partial charge in [-0.05, 0) is 32.1 Å². The number of nitrogens with two attached hydrogens (primary N) is 1. The van der Waals surface area contributed by atoms with Crippen LogP contribution in [-0.4, -0.2) is 59.9 Å². The van der Waals surface area contributed by atoms with Crippen molar-refractivity contribution in [1.82, 2.24) is 0 Å². The van der Waals surface area contributed by atoms with Gasteiger partial charge in [0.2, 0.25) is 0 Å². The van der Waals surface area contributed by atoms with Crippen LogP contribution in [0.4, 0.5) is 0 Å². The van der Waals surface area contributed by atoms with Crippen molar-refractivity contribution in [2.45, 2.75) is 161 Å². The first kappa shape index (κ1) is 48.4. The van der Waals surface area contributed by atoms with Gasteiger partial charge in [0.15, 0.2) is 6.10 Å². The fraction of sp³-hybridized carbons (Fsp3) is 0.718. The number of hydrogen-bond acceptors (Lipinski definition) is 9. The zero-order chi connectivity index (χ0) is 37.8. The molecule has 3 atom stereocenters. The van der Waals surface area contributed by atoms with Gasteiger partial charge >= 0.3 is 25.7 Å². The Kier molecular flexibility index (Phi) is 32.8.